The minimum Gasteiger partial charge on any atom is -0.309 e. The molecule has 1 fully saturated rings. The van der Waals surface area contributed by atoms with E-state index in [1.807, 2.05) is 6.20 Å². The lowest BCUT2D eigenvalue weighted by molar-refractivity contribution is 0.396. The fourth-order valence-electron chi connectivity index (χ4n) is 2.46. The Kier molecular flexibility index (Phi) is 4.09. The van der Waals surface area contributed by atoms with Gasteiger partial charge in [-0.1, -0.05) is 32.6 Å². The van der Waals surface area contributed by atoms with Crippen LogP contribution >= 0.6 is 11.7 Å². The molecule has 1 heterocycles. The third kappa shape index (κ3) is 2.98. The molecule has 1 saturated carbocycles. The molecule has 1 atom stereocenters. The van der Waals surface area contributed by atoms with Crippen molar-refractivity contribution in [3.63, 3.8) is 0 Å². The van der Waals surface area contributed by atoms with Crippen LogP contribution in [-0.2, 0) is 0 Å². The summed E-state index contributed by atoms with van der Waals surface area (Å²) >= 11 is 1.31. The zero-order valence-corrected chi connectivity index (χ0v) is 10.1. The number of hydrogen-bond acceptors (Lipinski definition) is 4. The van der Waals surface area contributed by atoms with Crippen LogP contribution in [0.1, 0.15) is 50.8 Å². The smallest absolute Gasteiger partial charge is 0.0912 e. The lowest BCUT2D eigenvalue weighted by Gasteiger charge is -2.19. The molecule has 15 heavy (non-hydrogen) atoms. The Hall–Kier alpha value is -0.480. The van der Waals surface area contributed by atoms with Gasteiger partial charge in [0.15, 0.2) is 0 Å². The van der Waals surface area contributed by atoms with Gasteiger partial charge in [0.25, 0.3) is 0 Å². The highest BCUT2D eigenvalue weighted by atomic mass is 32.1. The Labute approximate surface area is 95.6 Å². The summed E-state index contributed by atoms with van der Waals surface area (Å²) in [5.41, 5.74) is 1.13. The molecule has 0 saturated heterocycles. The Morgan fingerprint density at radius 1 is 1.53 bits per heavy atom. The molecule has 0 spiro atoms. The number of aromatic nitrogens is 2. The first-order valence-electron chi connectivity index (χ1n) is 5.91. The monoisotopic (exact) mass is 225 g/mol. The topological polar surface area (TPSA) is 37.8 Å². The number of nitrogens with zero attached hydrogens (tertiary/aromatic N) is 2. The molecule has 2 rings (SSSR count). The van der Waals surface area contributed by atoms with Crippen molar-refractivity contribution in [3.8, 4) is 0 Å². The van der Waals surface area contributed by atoms with Crippen molar-refractivity contribution in [1.82, 2.24) is 14.1 Å². The first-order chi connectivity index (χ1) is 7.40. The van der Waals surface area contributed by atoms with E-state index in [0.29, 0.717) is 6.04 Å². The molecule has 1 aromatic heterocycles. The van der Waals surface area contributed by atoms with Gasteiger partial charge in [-0.05, 0) is 18.9 Å². The summed E-state index contributed by atoms with van der Waals surface area (Å²) in [6, 6.07) is 0.428. The quantitative estimate of drug-likeness (QED) is 0.837. The molecule has 1 unspecified atom stereocenters. The highest BCUT2D eigenvalue weighted by molar-refractivity contribution is 6.99. The second-order valence-corrected chi connectivity index (χ2v) is 4.89. The predicted molar refractivity (Wildman–Crippen MR) is 62.9 cm³/mol. The van der Waals surface area contributed by atoms with Crippen LogP contribution in [0.2, 0.25) is 0 Å². The summed E-state index contributed by atoms with van der Waals surface area (Å²) in [5, 5.41) is 3.52. The van der Waals surface area contributed by atoms with Gasteiger partial charge in [-0.15, -0.1) is 0 Å². The summed E-state index contributed by atoms with van der Waals surface area (Å²) in [7, 11) is 0. The van der Waals surface area contributed by atoms with Crippen LogP contribution in [-0.4, -0.2) is 15.3 Å². The van der Waals surface area contributed by atoms with E-state index in [-0.39, 0.29) is 0 Å². The molecular weight excluding hydrogens is 206 g/mol. The van der Waals surface area contributed by atoms with Gasteiger partial charge in [0.1, 0.15) is 0 Å². The highest BCUT2D eigenvalue weighted by Gasteiger charge is 2.21. The number of hydrogen-bond donors (Lipinski definition) is 1. The van der Waals surface area contributed by atoms with Gasteiger partial charge < -0.3 is 5.32 Å². The molecule has 0 aliphatic heterocycles. The number of nitrogens with one attached hydrogen (secondary N) is 1. The van der Waals surface area contributed by atoms with Gasteiger partial charge in [-0.2, -0.15) is 8.75 Å². The van der Waals surface area contributed by atoms with Gasteiger partial charge in [0.2, 0.25) is 0 Å². The van der Waals surface area contributed by atoms with E-state index in [1.165, 1.54) is 43.8 Å². The maximum Gasteiger partial charge on any atom is 0.0912 e. The largest absolute Gasteiger partial charge is 0.309 e. The standard InChI is InChI=1S/C11H19N3S/c1-2-12-10(11-8-13-15-14-11)7-9-5-3-4-6-9/h8-10,12H,2-7H2,1H3. The summed E-state index contributed by atoms with van der Waals surface area (Å²) in [6.07, 6.45) is 8.78. The SMILES string of the molecule is CCNC(CC1CCCC1)c1cnsn1. The molecule has 1 aliphatic carbocycles. The zero-order chi connectivity index (χ0) is 10.5. The van der Waals surface area contributed by atoms with Crippen molar-refractivity contribution in [2.75, 3.05) is 6.54 Å². The normalized spacial score (nSPS) is 19.5. The lowest BCUT2D eigenvalue weighted by Crippen LogP contribution is -2.23. The fourth-order valence-corrected chi connectivity index (χ4v) is 2.93. The van der Waals surface area contributed by atoms with Crippen LogP contribution in [0.15, 0.2) is 6.20 Å². The van der Waals surface area contributed by atoms with Gasteiger partial charge in [-0.3, -0.25) is 0 Å². The van der Waals surface area contributed by atoms with Gasteiger partial charge in [-0.25, -0.2) is 0 Å². The van der Waals surface area contributed by atoms with Gasteiger partial charge in [0, 0.05) is 0 Å². The van der Waals surface area contributed by atoms with Crippen molar-refractivity contribution in [2.45, 2.75) is 45.1 Å². The summed E-state index contributed by atoms with van der Waals surface area (Å²) in [5.74, 6) is 0.899. The summed E-state index contributed by atoms with van der Waals surface area (Å²) < 4.78 is 8.44. The molecule has 3 nitrogen and oxygen atoms in total. The van der Waals surface area contributed by atoms with Crippen LogP contribution in [0.4, 0.5) is 0 Å². The first-order valence-corrected chi connectivity index (χ1v) is 6.64. The van der Waals surface area contributed by atoms with Crippen LogP contribution < -0.4 is 5.32 Å². The minimum atomic E-state index is 0.428. The van der Waals surface area contributed by atoms with Crippen molar-refractivity contribution < 1.29 is 0 Å². The maximum absolute atomic E-state index is 4.35. The average molecular weight is 225 g/mol. The van der Waals surface area contributed by atoms with E-state index >= 15 is 0 Å². The molecule has 1 N–H and O–H groups in total. The number of rotatable bonds is 5. The van der Waals surface area contributed by atoms with Crippen molar-refractivity contribution in [3.05, 3.63) is 11.9 Å². The zero-order valence-electron chi connectivity index (χ0n) is 9.28. The molecule has 4 heteroatoms. The van der Waals surface area contributed by atoms with E-state index in [2.05, 4.69) is 21.0 Å². The van der Waals surface area contributed by atoms with Crippen LogP contribution in [0.25, 0.3) is 0 Å². The Morgan fingerprint density at radius 3 is 2.93 bits per heavy atom. The molecule has 84 valence electrons. The Bertz CT molecular complexity index is 267. The van der Waals surface area contributed by atoms with Crippen molar-refractivity contribution in [1.29, 1.82) is 0 Å². The molecule has 0 aromatic carbocycles. The second-order valence-electron chi connectivity index (χ2n) is 4.33. The van der Waals surface area contributed by atoms with E-state index in [9.17, 15) is 0 Å². The molecular formula is C11H19N3S. The Balaban J connectivity index is 1.93. The third-order valence-corrected chi connectivity index (χ3v) is 3.72. The minimum absolute atomic E-state index is 0.428. The molecule has 1 aliphatic rings. The van der Waals surface area contributed by atoms with Gasteiger partial charge >= 0.3 is 0 Å². The Morgan fingerprint density at radius 2 is 2.33 bits per heavy atom. The highest BCUT2D eigenvalue weighted by Crippen LogP contribution is 2.32. The van der Waals surface area contributed by atoms with Crippen molar-refractivity contribution >= 4 is 11.7 Å². The third-order valence-electron chi connectivity index (χ3n) is 3.23. The van der Waals surface area contributed by atoms with E-state index in [0.717, 1.165) is 18.2 Å². The molecule has 0 amide bonds. The molecule has 0 bridgehead atoms. The molecule has 0 radical (unpaired) electrons. The fraction of sp³-hybridized carbons (Fsp3) is 0.818. The predicted octanol–water partition coefficient (Wildman–Crippen LogP) is 2.77. The lowest BCUT2D eigenvalue weighted by atomic mass is 9.97. The average Bonchev–Trinajstić information content (AvgIpc) is 2.89. The van der Waals surface area contributed by atoms with Crippen LogP contribution in [0.3, 0.4) is 0 Å². The van der Waals surface area contributed by atoms with Gasteiger partial charge in [0.05, 0.1) is 29.7 Å². The first kappa shape index (κ1) is 11.0. The van der Waals surface area contributed by atoms with Crippen LogP contribution in [0.5, 0.6) is 0 Å². The molecule has 1 aromatic rings. The van der Waals surface area contributed by atoms with Crippen LogP contribution in [0, 0.1) is 5.92 Å². The summed E-state index contributed by atoms with van der Waals surface area (Å²) in [4.78, 5) is 0. The van der Waals surface area contributed by atoms with Crippen molar-refractivity contribution in [2.24, 2.45) is 5.92 Å². The van der Waals surface area contributed by atoms with E-state index in [1.54, 1.807) is 0 Å². The second kappa shape index (κ2) is 5.56. The van der Waals surface area contributed by atoms with E-state index in [4.69, 9.17) is 0 Å². The van der Waals surface area contributed by atoms with E-state index < -0.39 is 0 Å². The maximum atomic E-state index is 4.35. The summed E-state index contributed by atoms with van der Waals surface area (Å²) in [6.45, 7) is 3.16.